The van der Waals surface area contributed by atoms with E-state index in [1.807, 2.05) is 19.1 Å². The Bertz CT molecular complexity index is 473. The van der Waals surface area contributed by atoms with E-state index in [0.29, 0.717) is 18.8 Å². The number of pyridine rings is 1. The third-order valence-electron chi connectivity index (χ3n) is 3.39. The highest BCUT2D eigenvalue weighted by Gasteiger charge is 2.28. The maximum atomic E-state index is 10.1. The van der Waals surface area contributed by atoms with Gasteiger partial charge < -0.3 is 16.0 Å². The molecule has 2 heterocycles. The molecule has 4 N–H and O–H groups in total. The number of nitrogens with two attached hydrogens (primary N) is 1. The summed E-state index contributed by atoms with van der Waals surface area (Å²) >= 11 is 0. The minimum absolute atomic E-state index is 0.0133. The number of aliphatic hydroxyl groups is 1. The fourth-order valence-electron chi connectivity index (χ4n) is 2.54. The monoisotopic (exact) mass is 264 g/mol. The van der Waals surface area contributed by atoms with E-state index in [1.165, 1.54) is 0 Å². The number of β-amino-alcohol motifs (C(OH)–C–C–N with tert-alkyl or cyclic N) is 1. The first-order valence-electron chi connectivity index (χ1n) is 6.38. The average molecular weight is 264 g/mol. The van der Waals surface area contributed by atoms with E-state index in [-0.39, 0.29) is 5.84 Å². The molecule has 0 aliphatic carbocycles. The lowest BCUT2D eigenvalue weighted by Crippen LogP contribution is -2.45. The molecular formula is C13H20N4O2. The smallest absolute Gasteiger partial charge is 0.189 e. The predicted molar refractivity (Wildman–Crippen MR) is 71.9 cm³/mol. The molecule has 1 atom stereocenters. The molecule has 1 aliphatic rings. The molecule has 1 saturated heterocycles. The summed E-state index contributed by atoms with van der Waals surface area (Å²) in [5.74, 6) is 0.0133. The normalized spacial score (nSPS) is 25.5. The number of oxime groups is 1. The second kappa shape index (κ2) is 5.54. The van der Waals surface area contributed by atoms with Crippen molar-refractivity contribution in [3.8, 4) is 0 Å². The van der Waals surface area contributed by atoms with E-state index < -0.39 is 5.60 Å². The summed E-state index contributed by atoms with van der Waals surface area (Å²) in [4.78, 5) is 6.31. The highest BCUT2D eigenvalue weighted by Crippen LogP contribution is 2.22. The second-order valence-corrected chi connectivity index (χ2v) is 5.31. The Kier molecular flexibility index (Phi) is 4.01. The number of aromatic nitrogens is 1. The SMILES string of the molecule is CC1(O)CCCN(Cc2cccnc2/C(N)=N/O)C1. The molecule has 0 radical (unpaired) electrons. The molecule has 0 amide bonds. The van der Waals surface area contributed by atoms with E-state index in [2.05, 4.69) is 15.0 Å². The van der Waals surface area contributed by atoms with Crippen LogP contribution < -0.4 is 5.73 Å². The Balaban J connectivity index is 2.15. The molecule has 2 rings (SSSR count). The van der Waals surface area contributed by atoms with Gasteiger partial charge in [0.2, 0.25) is 0 Å². The van der Waals surface area contributed by atoms with Crippen LogP contribution in [0.2, 0.25) is 0 Å². The van der Waals surface area contributed by atoms with Gasteiger partial charge in [-0.1, -0.05) is 11.2 Å². The molecule has 6 nitrogen and oxygen atoms in total. The van der Waals surface area contributed by atoms with Crippen LogP contribution in [0.4, 0.5) is 0 Å². The highest BCUT2D eigenvalue weighted by molar-refractivity contribution is 5.96. The largest absolute Gasteiger partial charge is 0.409 e. The van der Waals surface area contributed by atoms with E-state index in [0.717, 1.165) is 24.9 Å². The Hall–Kier alpha value is -1.66. The molecule has 6 heteroatoms. The number of hydrogen-bond acceptors (Lipinski definition) is 5. The lowest BCUT2D eigenvalue weighted by atomic mass is 9.95. The summed E-state index contributed by atoms with van der Waals surface area (Å²) in [6.07, 6.45) is 3.40. The maximum Gasteiger partial charge on any atom is 0.189 e. The zero-order chi connectivity index (χ0) is 13.9. The molecule has 0 bridgehead atoms. The van der Waals surface area contributed by atoms with Crippen molar-refractivity contribution in [2.24, 2.45) is 10.9 Å². The van der Waals surface area contributed by atoms with Crippen molar-refractivity contribution in [3.05, 3.63) is 29.6 Å². The van der Waals surface area contributed by atoms with Crippen LogP contribution in [0.15, 0.2) is 23.5 Å². The van der Waals surface area contributed by atoms with Crippen molar-refractivity contribution in [2.45, 2.75) is 31.9 Å². The molecule has 1 aliphatic heterocycles. The van der Waals surface area contributed by atoms with Gasteiger partial charge in [0.1, 0.15) is 5.69 Å². The Morgan fingerprint density at radius 3 is 3.11 bits per heavy atom. The quantitative estimate of drug-likeness (QED) is 0.320. The van der Waals surface area contributed by atoms with Crippen molar-refractivity contribution in [1.82, 2.24) is 9.88 Å². The minimum Gasteiger partial charge on any atom is -0.409 e. The number of hydrogen-bond donors (Lipinski definition) is 3. The van der Waals surface area contributed by atoms with Gasteiger partial charge in [-0.05, 0) is 37.9 Å². The van der Waals surface area contributed by atoms with Crippen molar-refractivity contribution in [1.29, 1.82) is 0 Å². The van der Waals surface area contributed by atoms with Crippen LogP contribution in [0.5, 0.6) is 0 Å². The van der Waals surface area contributed by atoms with Crippen LogP contribution >= 0.6 is 0 Å². The summed E-state index contributed by atoms with van der Waals surface area (Å²) in [5.41, 5.74) is 6.38. The topological polar surface area (TPSA) is 95.0 Å². The Morgan fingerprint density at radius 2 is 2.42 bits per heavy atom. The molecule has 1 fully saturated rings. The maximum absolute atomic E-state index is 10.1. The summed E-state index contributed by atoms with van der Waals surface area (Å²) in [6.45, 7) is 4.04. The zero-order valence-electron chi connectivity index (χ0n) is 11.1. The third-order valence-corrected chi connectivity index (χ3v) is 3.39. The molecule has 0 spiro atoms. The van der Waals surface area contributed by atoms with E-state index >= 15 is 0 Å². The second-order valence-electron chi connectivity index (χ2n) is 5.31. The molecule has 1 aromatic rings. The number of likely N-dealkylation sites (tertiary alicyclic amines) is 1. The van der Waals surface area contributed by atoms with Crippen LogP contribution in [0, 0.1) is 0 Å². The molecule has 1 unspecified atom stereocenters. The van der Waals surface area contributed by atoms with Gasteiger partial charge in [0.25, 0.3) is 0 Å². The van der Waals surface area contributed by atoms with Crippen LogP contribution in [0.25, 0.3) is 0 Å². The third kappa shape index (κ3) is 3.42. The van der Waals surface area contributed by atoms with E-state index in [1.54, 1.807) is 6.20 Å². The Labute approximate surface area is 112 Å². The molecule has 0 aromatic carbocycles. The molecule has 104 valence electrons. The van der Waals surface area contributed by atoms with Crippen molar-refractivity contribution >= 4 is 5.84 Å². The van der Waals surface area contributed by atoms with E-state index in [9.17, 15) is 5.11 Å². The van der Waals surface area contributed by atoms with Gasteiger partial charge in [-0.2, -0.15) is 0 Å². The average Bonchev–Trinajstić information content (AvgIpc) is 2.37. The summed E-state index contributed by atoms with van der Waals surface area (Å²) in [6, 6.07) is 3.73. The molecule has 1 aromatic heterocycles. The first-order chi connectivity index (χ1) is 9.02. The summed E-state index contributed by atoms with van der Waals surface area (Å²) in [7, 11) is 0. The van der Waals surface area contributed by atoms with E-state index in [4.69, 9.17) is 10.9 Å². The van der Waals surface area contributed by atoms with Crippen LogP contribution in [-0.4, -0.2) is 44.7 Å². The fraction of sp³-hybridized carbons (Fsp3) is 0.538. The zero-order valence-corrected chi connectivity index (χ0v) is 11.1. The van der Waals surface area contributed by atoms with Crippen LogP contribution in [0.1, 0.15) is 31.0 Å². The molecular weight excluding hydrogens is 244 g/mol. The van der Waals surface area contributed by atoms with Crippen LogP contribution in [-0.2, 0) is 6.54 Å². The van der Waals surface area contributed by atoms with Gasteiger partial charge in [0.15, 0.2) is 5.84 Å². The van der Waals surface area contributed by atoms with Gasteiger partial charge in [0.05, 0.1) is 5.60 Å². The van der Waals surface area contributed by atoms with Gasteiger partial charge in [-0.15, -0.1) is 0 Å². The number of rotatable bonds is 3. The number of piperidine rings is 1. The Morgan fingerprint density at radius 1 is 1.63 bits per heavy atom. The fourth-order valence-corrected chi connectivity index (χ4v) is 2.54. The highest BCUT2D eigenvalue weighted by atomic mass is 16.4. The number of nitrogens with zero attached hydrogens (tertiary/aromatic N) is 3. The summed E-state index contributed by atoms with van der Waals surface area (Å²) in [5, 5.41) is 21.9. The summed E-state index contributed by atoms with van der Waals surface area (Å²) < 4.78 is 0. The lowest BCUT2D eigenvalue weighted by Gasteiger charge is -2.37. The standard InChI is InChI=1S/C13H20N4O2/c1-13(18)5-3-7-17(9-13)8-10-4-2-6-15-11(10)12(14)16-19/h2,4,6,18-19H,3,5,7-9H2,1H3,(H2,14,16). The van der Waals surface area contributed by atoms with Gasteiger partial charge >= 0.3 is 0 Å². The first kappa shape index (κ1) is 13.8. The first-order valence-corrected chi connectivity index (χ1v) is 6.38. The van der Waals surface area contributed by atoms with Gasteiger partial charge in [-0.3, -0.25) is 9.88 Å². The molecule has 19 heavy (non-hydrogen) atoms. The predicted octanol–water partition coefficient (Wildman–Crippen LogP) is 0.523. The van der Waals surface area contributed by atoms with Gasteiger partial charge in [0, 0.05) is 19.3 Å². The van der Waals surface area contributed by atoms with Crippen LogP contribution in [0.3, 0.4) is 0 Å². The van der Waals surface area contributed by atoms with Crippen molar-refractivity contribution in [2.75, 3.05) is 13.1 Å². The van der Waals surface area contributed by atoms with Crippen molar-refractivity contribution < 1.29 is 10.3 Å². The lowest BCUT2D eigenvalue weighted by molar-refractivity contribution is -0.0181. The van der Waals surface area contributed by atoms with Crippen molar-refractivity contribution in [3.63, 3.8) is 0 Å². The minimum atomic E-state index is -0.642. The molecule has 0 saturated carbocycles. The number of amidine groups is 1. The van der Waals surface area contributed by atoms with Gasteiger partial charge in [-0.25, -0.2) is 0 Å².